The minimum absolute atomic E-state index is 0.00337. The summed E-state index contributed by atoms with van der Waals surface area (Å²) in [5.74, 6) is 0.544. The molecule has 0 radical (unpaired) electrons. The van der Waals surface area contributed by atoms with Crippen LogP contribution in [-0.2, 0) is 6.54 Å². The number of carbonyl (C=O) groups excluding carboxylic acids is 1. The number of hydrogen-bond donors (Lipinski definition) is 1. The number of primary amides is 1. The van der Waals surface area contributed by atoms with E-state index < -0.39 is 11.6 Å². The van der Waals surface area contributed by atoms with Crippen LogP contribution >= 0.6 is 0 Å². The van der Waals surface area contributed by atoms with Gasteiger partial charge in [-0.05, 0) is 17.7 Å². The molecule has 0 atom stereocenters. The number of nitrogens with two attached hydrogens (primary N) is 1. The molecule has 11 nitrogen and oxygen atoms in total. The molecule has 2 aromatic heterocycles. The fraction of sp³-hybridized carbons (Fsp3) is 0.267. The van der Waals surface area contributed by atoms with Crippen molar-refractivity contribution in [2.75, 3.05) is 21.3 Å². The molecule has 136 valence electrons. The molecule has 0 fully saturated rings. The van der Waals surface area contributed by atoms with Crippen LogP contribution < -0.4 is 25.6 Å². The van der Waals surface area contributed by atoms with E-state index in [9.17, 15) is 9.59 Å². The van der Waals surface area contributed by atoms with Gasteiger partial charge in [-0.25, -0.2) is 14.2 Å². The number of aromatic nitrogens is 5. The number of benzene rings is 1. The molecule has 3 aromatic rings. The first kappa shape index (κ1) is 17.2. The molecule has 26 heavy (non-hydrogen) atoms. The van der Waals surface area contributed by atoms with E-state index in [2.05, 4.69) is 15.3 Å². The van der Waals surface area contributed by atoms with Gasteiger partial charge in [0.25, 0.3) is 5.91 Å². The highest BCUT2D eigenvalue weighted by Gasteiger charge is 2.17. The quantitative estimate of drug-likeness (QED) is 0.619. The summed E-state index contributed by atoms with van der Waals surface area (Å²) in [4.78, 5) is 27.6. The molecule has 1 amide bonds. The fourth-order valence-corrected chi connectivity index (χ4v) is 2.51. The van der Waals surface area contributed by atoms with Crippen molar-refractivity contribution in [3.63, 3.8) is 0 Å². The maximum atomic E-state index is 12.5. The van der Waals surface area contributed by atoms with Crippen LogP contribution in [0.1, 0.15) is 16.1 Å². The van der Waals surface area contributed by atoms with Crippen LogP contribution in [0.15, 0.2) is 23.3 Å². The third-order valence-electron chi connectivity index (χ3n) is 3.71. The number of imidazole rings is 1. The highest BCUT2D eigenvalue weighted by atomic mass is 16.5. The molecule has 0 aliphatic heterocycles. The van der Waals surface area contributed by atoms with Crippen LogP contribution in [-0.4, -0.2) is 51.6 Å². The van der Waals surface area contributed by atoms with E-state index in [0.29, 0.717) is 22.8 Å². The Labute approximate surface area is 146 Å². The van der Waals surface area contributed by atoms with Gasteiger partial charge in [0.2, 0.25) is 5.75 Å². The van der Waals surface area contributed by atoms with E-state index in [1.165, 1.54) is 27.7 Å². The Kier molecular flexibility index (Phi) is 4.43. The molecule has 3 rings (SSSR count). The van der Waals surface area contributed by atoms with E-state index in [1.807, 2.05) is 0 Å². The Morgan fingerprint density at radius 2 is 1.81 bits per heavy atom. The Morgan fingerprint density at radius 1 is 1.15 bits per heavy atom. The Bertz CT molecular complexity index is 1020. The van der Waals surface area contributed by atoms with Crippen LogP contribution in [0.5, 0.6) is 17.2 Å². The lowest BCUT2D eigenvalue weighted by Crippen LogP contribution is -2.30. The molecule has 0 aliphatic carbocycles. The molecular formula is C15H16N6O5. The van der Waals surface area contributed by atoms with Gasteiger partial charge in [0.05, 0.1) is 27.9 Å². The molecule has 0 aliphatic rings. The van der Waals surface area contributed by atoms with Crippen molar-refractivity contribution in [2.24, 2.45) is 5.73 Å². The maximum absolute atomic E-state index is 12.5. The summed E-state index contributed by atoms with van der Waals surface area (Å²) >= 11 is 0. The third kappa shape index (κ3) is 2.79. The first-order chi connectivity index (χ1) is 12.5. The molecule has 2 N–H and O–H groups in total. The van der Waals surface area contributed by atoms with Crippen molar-refractivity contribution in [1.82, 2.24) is 24.4 Å². The molecule has 0 saturated heterocycles. The monoisotopic (exact) mass is 360 g/mol. The summed E-state index contributed by atoms with van der Waals surface area (Å²) in [5, 5.41) is 7.71. The van der Waals surface area contributed by atoms with Crippen LogP contribution in [0, 0.1) is 0 Å². The van der Waals surface area contributed by atoms with Gasteiger partial charge >= 0.3 is 5.69 Å². The summed E-state index contributed by atoms with van der Waals surface area (Å²) in [7, 11) is 4.49. The molecule has 0 spiro atoms. The van der Waals surface area contributed by atoms with Crippen molar-refractivity contribution in [3.05, 3.63) is 40.2 Å². The van der Waals surface area contributed by atoms with Gasteiger partial charge < -0.3 is 19.9 Å². The van der Waals surface area contributed by atoms with Gasteiger partial charge in [0.15, 0.2) is 22.8 Å². The maximum Gasteiger partial charge on any atom is 0.353 e. The number of ether oxygens (including phenoxy) is 3. The molecule has 0 saturated carbocycles. The smallest absolute Gasteiger partial charge is 0.353 e. The highest BCUT2D eigenvalue weighted by Crippen LogP contribution is 2.38. The Hall–Kier alpha value is -3.63. The van der Waals surface area contributed by atoms with Crippen LogP contribution in [0.25, 0.3) is 5.65 Å². The average Bonchev–Trinajstić information content (AvgIpc) is 3.08. The minimum atomic E-state index is -0.788. The van der Waals surface area contributed by atoms with Crippen molar-refractivity contribution in [1.29, 1.82) is 0 Å². The SMILES string of the molecule is COc1cc(Cn2nnc3c(C(N)=O)ncn3c2=O)cc(OC)c1OC. The van der Waals surface area contributed by atoms with E-state index in [1.54, 1.807) is 12.1 Å². The fourth-order valence-electron chi connectivity index (χ4n) is 2.51. The van der Waals surface area contributed by atoms with Gasteiger partial charge in [-0.15, -0.1) is 5.10 Å². The van der Waals surface area contributed by atoms with Crippen molar-refractivity contribution in [2.45, 2.75) is 6.54 Å². The van der Waals surface area contributed by atoms with Gasteiger partial charge in [0.1, 0.15) is 6.33 Å². The molecule has 2 heterocycles. The molecule has 11 heteroatoms. The third-order valence-corrected chi connectivity index (χ3v) is 3.71. The highest BCUT2D eigenvalue weighted by molar-refractivity contribution is 5.96. The summed E-state index contributed by atoms with van der Waals surface area (Å²) in [6, 6.07) is 3.39. The average molecular weight is 360 g/mol. The van der Waals surface area contributed by atoms with Crippen molar-refractivity contribution in [3.8, 4) is 17.2 Å². The van der Waals surface area contributed by atoms with Crippen LogP contribution in [0.4, 0.5) is 0 Å². The number of nitrogens with zero attached hydrogens (tertiary/aromatic N) is 5. The van der Waals surface area contributed by atoms with Gasteiger partial charge in [0, 0.05) is 0 Å². The van der Waals surface area contributed by atoms with Crippen LogP contribution in [0.3, 0.4) is 0 Å². The molecular weight excluding hydrogens is 344 g/mol. The first-order valence-electron chi connectivity index (χ1n) is 7.39. The lowest BCUT2D eigenvalue weighted by molar-refractivity contribution is 0.0997. The largest absolute Gasteiger partial charge is 0.493 e. The lowest BCUT2D eigenvalue weighted by atomic mass is 10.2. The zero-order valence-electron chi connectivity index (χ0n) is 14.3. The zero-order valence-corrected chi connectivity index (χ0v) is 14.3. The number of fused-ring (bicyclic) bond motifs is 1. The predicted octanol–water partition coefficient (Wildman–Crippen LogP) is -0.541. The number of hydrogen-bond acceptors (Lipinski definition) is 8. The van der Waals surface area contributed by atoms with Crippen molar-refractivity contribution >= 4 is 11.6 Å². The predicted molar refractivity (Wildman–Crippen MR) is 88.8 cm³/mol. The van der Waals surface area contributed by atoms with Crippen LogP contribution in [0.2, 0.25) is 0 Å². The lowest BCUT2D eigenvalue weighted by Gasteiger charge is -2.14. The van der Waals surface area contributed by atoms with Crippen molar-refractivity contribution < 1.29 is 19.0 Å². The summed E-state index contributed by atoms with van der Waals surface area (Å²) in [6.07, 6.45) is 1.18. The van der Waals surface area contributed by atoms with E-state index in [4.69, 9.17) is 19.9 Å². The zero-order chi connectivity index (χ0) is 18.8. The van der Waals surface area contributed by atoms with Gasteiger partial charge in [-0.2, -0.15) is 4.68 Å². The topological polar surface area (TPSA) is 136 Å². The second kappa shape index (κ2) is 6.70. The number of carbonyl (C=O) groups is 1. The number of amides is 1. The van der Waals surface area contributed by atoms with Gasteiger partial charge in [-0.3, -0.25) is 4.79 Å². The minimum Gasteiger partial charge on any atom is -0.493 e. The van der Waals surface area contributed by atoms with E-state index >= 15 is 0 Å². The number of methoxy groups -OCH3 is 3. The Balaban J connectivity index is 2.05. The second-order valence-electron chi connectivity index (χ2n) is 5.21. The Morgan fingerprint density at radius 3 is 2.35 bits per heavy atom. The standard InChI is InChI=1S/C15H16N6O5/c1-24-9-4-8(5-10(25-2)12(9)26-3)6-21-15(23)20-7-17-11(13(16)22)14(20)18-19-21/h4-5,7H,6H2,1-3H3,(H2,16,22). The molecule has 0 unspecified atom stereocenters. The summed E-state index contributed by atoms with van der Waals surface area (Å²) in [5.41, 5.74) is 5.23. The molecule has 0 bridgehead atoms. The first-order valence-corrected chi connectivity index (χ1v) is 7.39. The van der Waals surface area contributed by atoms with E-state index in [-0.39, 0.29) is 17.9 Å². The summed E-state index contributed by atoms with van der Waals surface area (Å²) in [6.45, 7) is 0.0859. The molecule has 1 aromatic carbocycles. The summed E-state index contributed by atoms with van der Waals surface area (Å²) < 4.78 is 18.1. The van der Waals surface area contributed by atoms with Gasteiger partial charge in [-0.1, -0.05) is 5.21 Å². The number of rotatable bonds is 6. The van der Waals surface area contributed by atoms with E-state index in [0.717, 1.165) is 9.08 Å². The normalized spacial score (nSPS) is 10.7. The second-order valence-corrected chi connectivity index (χ2v) is 5.21.